The highest BCUT2D eigenvalue weighted by molar-refractivity contribution is 9.10. The van der Waals surface area contributed by atoms with Crippen molar-refractivity contribution in [2.24, 2.45) is 0 Å². The van der Waals surface area contributed by atoms with Gasteiger partial charge in [-0.2, -0.15) is 0 Å². The van der Waals surface area contributed by atoms with Crippen LogP contribution in [0.25, 0.3) is 0 Å². The van der Waals surface area contributed by atoms with Gasteiger partial charge < -0.3 is 10.6 Å². The van der Waals surface area contributed by atoms with Gasteiger partial charge in [0.2, 0.25) is 5.91 Å². The molecule has 0 radical (unpaired) electrons. The third-order valence-electron chi connectivity index (χ3n) is 2.80. The molecule has 0 aliphatic carbocycles. The average molecular weight is 314 g/mol. The summed E-state index contributed by atoms with van der Waals surface area (Å²) in [4.78, 5) is 22.1. The van der Waals surface area contributed by atoms with Crippen LogP contribution < -0.4 is 10.6 Å². The van der Waals surface area contributed by atoms with Gasteiger partial charge in [-0.25, -0.2) is 0 Å². The molecule has 1 heterocycles. The van der Waals surface area contributed by atoms with Crippen LogP contribution in [0.4, 0.5) is 11.4 Å². The zero-order valence-electron chi connectivity index (χ0n) is 9.48. The predicted molar refractivity (Wildman–Crippen MR) is 70.5 cm³/mol. The van der Waals surface area contributed by atoms with Gasteiger partial charge in [-0.1, -0.05) is 0 Å². The number of nitrogens with zero attached hydrogens (tertiary/aromatic N) is 1. The van der Waals surface area contributed by atoms with Crippen LogP contribution in [0.5, 0.6) is 0 Å². The molecule has 1 atom stereocenters. The van der Waals surface area contributed by atoms with E-state index in [9.17, 15) is 14.9 Å². The molecule has 1 aliphatic rings. The number of rotatable bonds is 3. The normalized spacial score (nSPS) is 18.6. The van der Waals surface area contributed by atoms with Gasteiger partial charge in [-0.3, -0.25) is 14.9 Å². The Bertz CT molecular complexity index is 486. The van der Waals surface area contributed by atoms with Crippen molar-refractivity contribution in [3.63, 3.8) is 0 Å². The second-order valence-electron chi connectivity index (χ2n) is 4.06. The molecule has 2 rings (SSSR count). The third kappa shape index (κ3) is 2.85. The first-order chi connectivity index (χ1) is 8.58. The number of anilines is 1. The van der Waals surface area contributed by atoms with E-state index < -0.39 is 4.92 Å². The Hall–Kier alpha value is -1.47. The van der Waals surface area contributed by atoms with E-state index in [4.69, 9.17) is 0 Å². The van der Waals surface area contributed by atoms with Crippen LogP contribution in [-0.4, -0.2) is 23.4 Å². The number of nitrogens with one attached hydrogen (secondary N) is 2. The first kappa shape index (κ1) is 13.0. The minimum atomic E-state index is -0.490. The Kier molecular flexibility index (Phi) is 3.93. The molecule has 1 fully saturated rings. The van der Waals surface area contributed by atoms with E-state index in [0.717, 1.165) is 19.4 Å². The van der Waals surface area contributed by atoms with Crippen LogP contribution in [0.2, 0.25) is 0 Å². The van der Waals surface area contributed by atoms with Crippen molar-refractivity contribution in [2.75, 3.05) is 11.9 Å². The highest BCUT2D eigenvalue weighted by Gasteiger charge is 2.23. The summed E-state index contributed by atoms with van der Waals surface area (Å²) in [5.41, 5.74) is 0.371. The van der Waals surface area contributed by atoms with E-state index in [1.165, 1.54) is 12.1 Å². The quantitative estimate of drug-likeness (QED) is 0.660. The standard InChI is InChI=1S/C11H12BrN3O3/c12-8-4-3-7(15(17)18)6-10(8)14-11(16)9-2-1-5-13-9/h3-4,6,9,13H,1-2,5H2,(H,14,16)/t9-/m0/s1. The van der Waals surface area contributed by atoms with Gasteiger partial charge in [0.15, 0.2) is 0 Å². The fourth-order valence-corrected chi connectivity index (χ4v) is 2.20. The van der Waals surface area contributed by atoms with E-state index in [-0.39, 0.29) is 17.6 Å². The Balaban J connectivity index is 2.14. The Morgan fingerprint density at radius 3 is 2.94 bits per heavy atom. The highest BCUT2D eigenvalue weighted by atomic mass is 79.9. The summed E-state index contributed by atoms with van der Waals surface area (Å²) < 4.78 is 0.624. The monoisotopic (exact) mass is 313 g/mol. The van der Waals surface area contributed by atoms with Gasteiger partial charge in [0.05, 0.1) is 16.7 Å². The highest BCUT2D eigenvalue weighted by Crippen LogP contribution is 2.27. The molecule has 0 unspecified atom stereocenters. The summed E-state index contributed by atoms with van der Waals surface area (Å²) >= 11 is 3.26. The van der Waals surface area contributed by atoms with Gasteiger partial charge in [-0.15, -0.1) is 0 Å². The maximum Gasteiger partial charge on any atom is 0.271 e. The number of hydrogen-bond donors (Lipinski definition) is 2. The van der Waals surface area contributed by atoms with E-state index in [2.05, 4.69) is 26.6 Å². The van der Waals surface area contributed by atoms with Crippen LogP contribution >= 0.6 is 15.9 Å². The van der Waals surface area contributed by atoms with E-state index in [0.29, 0.717) is 10.2 Å². The molecule has 0 aromatic heterocycles. The molecule has 2 N–H and O–H groups in total. The maximum absolute atomic E-state index is 11.9. The van der Waals surface area contributed by atoms with Crippen molar-refractivity contribution in [3.05, 3.63) is 32.8 Å². The van der Waals surface area contributed by atoms with Crippen LogP contribution in [0, 0.1) is 10.1 Å². The first-order valence-electron chi connectivity index (χ1n) is 5.56. The Morgan fingerprint density at radius 2 is 2.33 bits per heavy atom. The van der Waals surface area contributed by atoms with E-state index >= 15 is 0 Å². The summed E-state index contributed by atoms with van der Waals surface area (Å²) in [6.45, 7) is 0.828. The lowest BCUT2D eigenvalue weighted by molar-refractivity contribution is -0.384. The zero-order valence-corrected chi connectivity index (χ0v) is 11.1. The second kappa shape index (κ2) is 5.45. The van der Waals surface area contributed by atoms with Crippen LogP contribution in [0.1, 0.15) is 12.8 Å². The molecule has 1 aliphatic heterocycles. The van der Waals surface area contributed by atoms with E-state index in [1.807, 2.05) is 0 Å². The first-order valence-corrected chi connectivity index (χ1v) is 6.35. The van der Waals surface area contributed by atoms with Crippen LogP contribution in [0.3, 0.4) is 0 Å². The SMILES string of the molecule is O=C(Nc1cc([N+](=O)[O-])ccc1Br)[C@@H]1CCCN1. The number of non-ortho nitro benzene ring substituents is 1. The molecule has 6 nitrogen and oxygen atoms in total. The van der Waals surface area contributed by atoms with Crippen LogP contribution in [-0.2, 0) is 4.79 Å². The van der Waals surface area contributed by atoms with Gasteiger partial charge in [0.1, 0.15) is 0 Å². The van der Waals surface area contributed by atoms with Gasteiger partial charge in [0, 0.05) is 16.6 Å². The lowest BCUT2D eigenvalue weighted by Gasteiger charge is -2.12. The molecular formula is C11H12BrN3O3. The number of hydrogen-bond acceptors (Lipinski definition) is 4. The molecule has 1 amide bonds. The van der Waals surface area contributed by atoms with Crippen molar-refractivity contribution in [1.29, 1.82) is 0 Å². The fraction of sp³-hybridized carbons (Fsp3) is 0.364. The van der Waals surface area contributed by atoms with Crippen molar-refractivity contribution in [3.8, 4) is 0 Å². The Labute approximate surface area is 112 Å². The number of nitro benzene ring substituents is 1. The van der Waals surface area contributed by atoms with Crippen molar-refractivity contribution >= 4 is 33.2 Å². The molecule has 0 saturated carbocycles. The topological polar surface area (TPSA) is 84.3 Å². The molecule has 1 aromatic rings. The number of carbonyl (C=O) groups is 1. The average Bonchev–Trinajstić information content (AvgIpc) is 2.85. The summed E-state index contributed by atoms with van der Waals surface area (Å²) in [6.07, 6.45) is 1.76. The zero-order chi connectivity index (χ0) is 13.1. The molecule has 96 valence electrons. The smallest absolute Gasteiger partial charge is 0.271 e. The van der Waals surface area contributed by atoms with Crippen molar-refractivity contribution in [1.82, 2.24) is 5.32 Å². The minimum absolute atomic E-state index is 0.0483. The van der Waals surface area contributed by atoms with Crippen molar-refractivity contribution < 1.29 is 9.72 Å². The molecule has 18 heavy (non-hydrogen) atoms. The maximum atomic E-state index is 11.9. The van der Waals surface area contributed by atoms with E-state index in [1.54, 1.807) is 6.07 Å². The van der Waals surface area contributed by atoms with Crippen LogP contribution in [0.15, 0.2) is 22.7 Å². The lowest BCUT2D eigenvalue weighted by atomic mass is 10.2. The lowest BCUT2D eigenvalue weighted by Crippen LogP contribution is -2.35. The number of amides is 1. The minimum Gasteiger partial charge on any atom is -0.323 e. The second-order valence-corrected chi connectivity index (χ2v) is 4.91. The van der Waals surface area contributed by atoms with Gasteiger partial charge >= 0.3 is 0 Å². The number of halogens is 1. The summed E-state index contributed by atoms with van der Waals surface area (Å²) in [5.74, 6) is -0.159. The van der Waals surface area contributed by atoms with Crippen molar-refractivity contribution in [2.45, 2.75) is 18.9 Å². The molecule has 1 saturated heterocycles. The van der Waals surface area contributed by atoms with Gasteiger partial charge in [0.25, 0.3) is 5.69 Å². The summed E-state index contributed by atoms with van der Waals surface area (Å²) in [5, 5.41) is 16.4. The summed E-state index contributed by atoms with van der Waals surface area (Å²) in [6, 6.07) is 4.07. The molecular weight excluding hydrogens is 302 g/mol. The number of nitro groups is 1. The number of carbonyl (C=O) groups excluding carboxylic acids is 1. The predicted octanol–water partition coefficient (Wildman–Crippen LogP) is 2.05. The molecule has 1 aromatic carbocycles. The summed E-state index contributed by atoms with van der Waals surface area (Å²) in [7, 11) is 0. The molecule has 0 bridgehead atoms. The number of benzene rings is 1. The molecule has 0 spiro atoms. The third-order valence-corrected chi connectivity index (χ3v) is 3.49. The largest absolute Gasteiger partial charge is 0.323 e. The fourth-order valence-electron chi connectivity index (χ4n) is 1.85. The Morgan fingerprint density at radius 1 is 1.56 bits per heavy atom. The van der Waals surface area contributed by atoms with Gasteiger partial charge in [-0.05, 0) is 41.4 Å². The molecule has 7 heteroatoms.